The molecule has 0 aliphatic carbocycles. The first kappa shape index (κ1) is 10.2. The fraction of sp³-hybridized carbons (Fsp3) is 0. The summed E-state index contributed by atoms with van der Waals surface area (Å²) in [6, 6.07) is 9.49. The molecule has 0 fully saturated rings. The zero-order valence-electron chi connectivity index (χ0n) is 8.29. The van der Waals surface area contributed by atoms with Gasteiger partial charge in [-0.15, -0.1) is 0 Å². The fourth-order valence-corrected chi connectivity index (χ4v) is 1.48. The van der Waals surface area contributed by atoms with E-state index in [4.69, 9.17) is 5.11 Å². The van der Waals surface area contributed by atoms with Crippen LogP contribution in [0.3, 0.4) is 0 Å². The van der Waals surface area contributed by atoms with Crippen LogP contribution in [-0.2, 0) is 0 Å². The Labute approximate surface area is 91.8 Å². The van der Waals surface area contributed by atoms with Crippen molar-refractivity contribution in [2.75, 3.05) is 0 Å². The van der Waals surface area contributed by atoms with Crippen molar-refractivity contribution in [2.24, 2.45) is 0 Å². The molecule has 1 aromatic carbocycles. The Morgan fingerprint density at radius 2 is 1.88 bits per heavy atom. The molecule has 0 amide bonds. The largest absolute Gasteiger partial charge is 0.506 e. The number of rotatable bonds is 2. The molecule has 0 unspecified atom stereocenters. The number of benzene rings is 1. The molecule has 0 saturated carbocycles. The molecule has 4 heteroatoms. The summed E-state index contributed by atoms with van der Waals surface area (Å²) in [5.74, 6) is -1.07. The molecular formula is C12H9NO3. The minimum absolute atomic E-state index is 0.0313. The van der Waals surface area contributed by atoms with E-state index in [0.717, 1.165) is 0 Å². The second-order valence-electron chi connectivity index (χ2n) is 3.22. The monoisotopic (exact) mass is 215 g/mol. The topological polar surface area (TPSA) is 70.4 Å². The van der Waals surface area contributed by atoms with E-state index < -0.39 is 5.97 Å². The molecule has 4 nitrogen and oxygen atoms in total. The lowest BCUT2D eigenvalue weighted by molar-refractivity contribution is 0.0697. The third-order valence-electron chi connectivity index (χ3n) is 2.20. The van der Waals surface area contributed by atoms with Gasteiger partial charge < -0.3 is 10.2 Å². The van der Waals surface area contributed by atoms with Gasteiger partial charge in [-0.2, -0.15) is 0 Å². The molecule has 0 aliphatic heterocycles. The second kappa shape index (κ2) is 4.02. The molecule has 80 valence electrons. The van der Waals surface area contributed by atoms with Gasteiger partial charge in [-0.3, -0.25) is 4.98 Å². The van der Waals surface area contributed by atoms with E-state index in [2.05, 4.69) is 4.98 Å². The smallest absolute Gasteiger partial charge is 0.336 e. The Morgan fingerprint density at radius 3 is 2.56 bits per heavy atom. The van der Waals surface area contributed by atoms with Crippen LogP contribution in [0, 0.1) is 0 Å². The first-order valence-electron chi connectivity index (χ1n) is 4.67. The zero-order chi connectivity index (χ0) is 11.5. The summed E-state index contributed by atoms with van der Waals surface area (Å²) < 4.78 is 0. The van der Waals surface area contributed by atoms with Gasteiger partial charge in [0.2, 0.25) is 0 Å². The third kappa shape index (κ3) is 1.72. The lowest BCUT2D eigenvalue weighted by atomic mass is 10.0. The van der Waals surface area contributed by atoms with Gasteiger partial charge in [-0.05, 0) is 18.2 Å². The van der Waals surface area contributed by atoms with E-state index in [1.807, 2.05) is 0 Å². The number of carbonyl (C=O) groups is 1. The van der Waals surface area contributed by atoms with Gasteiger partial charge in [0, 0.05) is 11.8 Å². The second-order valence-corrected chi connectivity index (χ2v) is 3.22. The Morgan fingerprint density at radius 1 is 1.12 bits per heavy atom. The lowest BCUT2D eigenvalue weighted by Gasteiger charge is -2.06. The van der Waals surface area contributed by atoms with Crippen LogP contribution in [0.5, 0.6) is 5.75 Å². The number of aromatic carboxylic acids is 1. The van der Waals surface area contributed by atoms with Crippen LogP contribution in [0.1, 0.15) is 10.4 Å². The predicted molar refractivity (Wildman–Crippen MR) is 58.3 cm³/mol. The SMILES string of the molecule is O=C(O)c1ccccc1-c1ncccc1O. The van der Waals surface area contributed by atoms with Gasteiger partial charge in [-0.1, -0.05) is 18.2 Å². The zero-order valence-corrected chi connectivity index (χ0v) is 8.29. The van der Waals surface area contributed by atoms with Crippen molar-refractivity contribution in [3.63, 3.8) is 0 Å². The third-order valence-corrected chi connectivity index (χ3v) is 2.20. The highest BCUT2D eigenvalue weighted by molar-refractivity contribution is 5.96. The van der Waals surface area contributed by atoms with Crippen molar-refractivity contribution in [3.8, 4) is 17.0 Å². The van der Waals surface area contributed by atoms with Gasteiger partial charge in [-0.25, -0.2) is 4.79 Å². The average Bonchev–Trinajstić information content (AvgIpc) is 2.29. The maximum absolute atomic E-state index is 11.0. The van der Waals surface area contributed by atoms with Crippen molar-refractivity contribution in [3.05, 3.63) is 48.2 Å². The van der Waals surface area contributed by atoms with Crippen molar-refractivity contribution >= 4 is 5.97 Å². The number of hydrogen-bond acceptors (Lipinski definition) is 3. The molecule has 2 N–H and O–H groups in total. The molecule has 0 bridgehead atoms. The molecule has 0 aliphatic rings. The van der Waals surface area contributed by atoms with E-state index in [0.29, 0.717) is 5.56 Å². The average molecular weight is 215 g/mol. The molecule has 2 aromatic rings. The van der Waals surface area contributed by atoms with E-state index in [9.17, 15) is 9.90 Å². The summed E-state index contributed by atoms with van der Waals surface area (Å²) in [5, 5.41) is 18.6. The number of nitrogens with zero attached hydrogens (tertiary/aromatic N) is 1. The van der Waals surface area contributed by atoms with Crippen molar-refractivity contribution in [2.45, 2.75) is 0 Å². The van der Waals surface area contributed by atoms with Gasteiger partial charge in [0.25, 0.3) is 0 Å². The van der Waals surface area contributed by atoms with Crippen LogP contribution < -0.4 is 0 Å². The van der Waals surface area contributed by atoms with E-state index in [-0.39, 0.29) is 17.0 Å². The lowest BCUT2D eigenvalue weighted by Crippen LogP contribution is -1.99. The maximum Gasteiger partial charge on any atom is 0.336 e. The van der Waals surface area contributed by atoms with Crippen LogP contribution in [0.4, 0.5) is 0 Å². The molecule has 0 radical (unpaired) electrons. The van der Waals surface area contributed by atoms with Crippen LogP contribution in [-0.4, -0.2) is 21.2 Å². The minimum atomic E-state index is -1.04. The summed E-state index contributed by atoms with van der Waals surface area (Å²) in [6.07, 6.45) is 1.51. The van der Waals surface area contributed by atoms with E-state index in [1.165, 1.54) is 18.3 Å². The van der Waals surface area contributed by atoms with Gasteiger partial charge in [0.05, 0.1) is 5.56 Å². The summed E-state index contributed by atoms with van der Waals surface area (Å²) in [6.45, 7) is 0. The first-order chi connectivity index (χ1) is 7.70. The molecule has 0 spiro atoms. The van der Waals surface area contributed by atoms with Gasteiger partial charge >= 0.3 is 5.97 Å². The van der Waals surface area contributed by atoms with Crippen LogP contribution >= 0.6 is 0 Å². The van der Waals surface area contributed by atoms with Crippen LogP contribution in [0.15, 0.2) is 42.6 Å². The normalized spacial score (nSPS) is 10.0. The molecule has 0 saturated heterocycles. The molecular weight excluding hydrogens is 206 g/mol. The van der Waals surface area contributed by atoms with Crippen LogP contribution in [0.25, 0.3) is 11.3 Å². The summed E-state index contributed by atoms with van der Waals surface area (Å²) in [5.41, 5.74) is 0.810. The van der Waals surface area contributed by atoms with Crippen molar-refractivity contribution < 1.29 is 15.0 Å². The van der Waals surface area contributed by atoms with Crippen molar-refractivity contribution in [1.29, 1.82) is 0 Å². The standard InChI is InChI=1S/C12H9NO3/c14-10-6-3-7-13-11(10)8-4-1-2-5-9(8)12(15)16/h1-7,14H,(H,15,16). The van der Waals surface area contributed by atoms with Crippen LogP contribution in [0.2, 0.25) is 0 Å². The highest BCUT2D eigenvalue weighted by Gasteiger charge is 2.14. The summed E-state index contributed by atoms with van der Waals surface area (Å²) in [7, 11) is 0. The van der Waals surface area contributed by atoms with E-state index in [1.54, 1.807) is 24.3 Å². The van der Waals surface area contributed by atoms with Gasteiger partial charge in [0.15, 0.2) is 0 Å². The van der Waals surface area contributed by atoms with Crippen molar-refractivity contribution in [1.82, 2.24) is 4.98 Å². The first-order valence-corrected chi connectivity index (χ1v) is 4.67. The molecule has 0 atom stereocenters. The summed E-state index contributed by atoms with van der Waals surface area (Å²) in [4.78, 5) is 15.0. The number of hydrogen-bond donors (Lipinski definition) is 2. The van der Waals surface area contributed by atoms with E-state index >= 15 is 0 Å². The molecule has 2 rings (SSSR count). The predicted octanol–water partition coefficient (Wildman–Crippen LogP) is 2.15. The molecule has 1 aromatic heterocycles. The number of aromatic nitrogens is 1. The Hall–Kier alpha value is -2.36. The number of carboxylic acids is 1. The minimum Gasteiger partial charge on any atom is -0.506 e. The molecule has 16 heavy (non-hydrogen) atoms. The maximum atomic E-state index is 11.0. The number of pyridine rings is 1. The highest BCUT2D eigenvalue weighted by Crippen LogP contribution is 2.28. The summed E-state index contributed by atoms with van der Waals surface area (Å²) >= 11 is 0. The highest BCUT2D eigenvalue weighted by atomic mass is 16.4. The fourth-order valence-electron chi connectivity index (χ4n) is 1.48. The Kier molecular flexibility index (Phi) is 2.55. The van der Waals surface area contributed by atoms with Gasteiger partial charge in [0.1, 0.15) is 11.4 Å². The number of carboxylic acid groups (broad SMARTS) is 1. The Balaban J connectivity index is 2.65. The quantitative estimate of drug-likeness (QED) is 0.805. The molecule has 1 heterocycles. The number of aromatic hydroxyl groups is 1. The Bertz CT molecular complexity index is 537.